The van der Waals surface area contributed by atoms with Crippen molar-refractivity contribution in [2.45, 2.75) is 43.5 Å². The summed E-state index contributed by atoms with van der Waals surface area (Å²) in [7, 11) is 1.94. The molecule has 0 bridgehead atoms. The van der Waals surface area contributed by atoms with E-state index in [2.05, 4.69) is 46.1 Å². The Bertz CT molecular complexity index is 821. The van der Waals surface area contributed by atoms with E-state index >= 15 is 0 Å². The van der Waals surface area contributed by atoms with Crippen LogP contribution in [0, 0.1) is 0 Å². The van der Waals surface area contributed by atoms with Crippen LogP contribution in [-0.4, -0.2) is 29.9 Å². The Balaban J connectivity index is 1.79. The molecule has 0 fully saturated rings. The van der Waals surface area contributed by atoms with Crippen molar-refractivity contribution in [2.75, 3.05) is 0 Å². The summed E-state index contributed by atoms with van der Waals surface area (Å²) < 4.78 is 7.36. The molecule has 0 aliphatic rings. The van der Waals surface area contributed by atoms with E-state index < -0.39 is 0 Å². The molecule has 0 aliphatic heterocycles. The molecule has 0 saturated heterocycles. The smallest absolute Gasteiger partial charge is 0.239 e. The Morgan fingerprint density at radius 3 is 2.50 bits per heavy atom. The van der Waals surface area contributed by atoms with Crippen LogP contribution in [-0.2, 0) is 12.5 Å². The second-order valence-corrected chi connectivity index (χ2v) is 7.88. The molecular weight excluding hydrogens is 324 g/mol. The van der Waals surface area contributed by atoms with Crippen LogP contribution in [0.15, 0.2) is 34.2 Å². The fraction of sp³-hybridized carbons (Fsp3) is 0.438. The van der Waals surface area contributed by atoms with Crippen molar-refractivity contribution in [2.24, 2.45) is 7.05 Å². The van der Waals surface area contributed by atoms with Crippen molar-refractivity contribution in [1.82, 2.24) is 29.9 Å². The molecule has 0 saturated carbocycles. The van der Waals surface area contributed by atoms with Crippen molar-refractivity contribution in [1.29, 1.82) is 0 Å². The predicted octanol–water partition coefficient (Wildman–Crippen LogP) is 3.41. The van der Waals surface area contributed by atoms with Gasteiger partial charge in [-0.1, -0.05) is 37.7 Å². The van der Waals surface area contributed by atoms with Crippen molar-refractivity contribution >= 4 is 11.8 Å². The normalized spacial score (nSPS) is 13.2. The van der Waals surface area contributed by atoms with Gasteiger partial charge in [-0.25, -0.2) is 0 Å². The highest BCUT2D eigenvalue weighted by molar-refractivity contribution is 7.99. The average molecular weight is 344 g/mol. The summed E-state index contributed by atoms with van der Waals surface area (Å²) in [6.07, 6.45) is 3.48. The van der Waals surface area contributed by atoms with E-state index in [-0.39, 0.29) is 10.7 Å². The molecule has 0 spiro atoms. The maximum atomic E-state index is 5.41. The second-order valence-electron chi connectivity index (χ2n) is 6.57. The molecular formula is C16H20N6OS. The molecule has 1 atom stereocenters. The molecule has 24 heavy (non-hydrogen) atoms. The lowest BCUT2D eigenvalue weighted by Crippen LogP contribution is -2.13. The number of nitrogens with zero attached hydrogens (tertiary/aromatic N) is 6. The fourth-order valence-electron chi connectivity index (χ4n) is 2.08. The van der Waals surface area contributed by atoms with Gasteiger partial charge in [-0.05, 0) is 19.1 Å². The zero-order valence-electron chi connectivity index (χ0n) is 14.4. The average Bonchev–Trinajstić information content (AvgIpc) is 3.16. The SMILES string of the molecule is C[C@@H](Sc1nnc(-c2ccncc2)n1C)c1nc(C(C)(C)C)no1. The molecule has 7 nitrogen and oxygen atoms in total. The van der Waals surface area contributed by atoms with Gasteiger partial charge in [0.1, 0.15) is 0 Å². The molecule has 126 valence electrons. The van der Waals surface area contributed by atoms with Gasteiger partial charge in [0.2, 0.25) is 5.89 Å². The Labute approximate surface area is 144 Å². The molecule has 0 radical (unpaired) electrons. The molecule has 3 rings (SSSR count). The molecule has 3 aromatic heterocycles. The summed E-state index contributed by atoms with van der Waals surface area (Å²) in [4.78, 5) is 8.54. The lowest BCUT2D eigenvalue weighted by molar-refractivity contribution is 0.364. The Morgan fingerprint density at radius 1 is 1.17 bits per heavy atom. The van der Waals surface area contributed by atoms with E-state index in [0.29, 0.717) is 11.7 Å². The maximum absolute atomic E-state index is 5.41. The summed E-state index contributed by atoms with van der Waals surface area (Å²) in [6.45, 7) is 8.20. The van der Waals surface area contributed by atoms with E-state index in [9.17, 15) is 0 Å². The van der Waals surface area contributed by atoms with Gasteiger partial charge < -0.3 is 9.09 Å². The van der Waals surface area contributed by atoms with Crippen molar-refractivity contribution in [3.05, 3.63) is 36.2 Å². The Morgan fingerprint density at radius 2 is 1.88 bits per heavy atom. The number of aromatic nitrogens is 6. The predicted molar refractivity (Wildman–Crippen MR) is 91.5 cm³/mol. The van der Waals surface area contributed by atoms with Crippen LogP contribution in [0.25, 0.3) is 11.4 Å². The third-order valence-corrected chi connectivity index (χ3v) is 4.64. The van der Waals surface area contributed by atoms with Gasteiger partial charge in [-0.3, -0.25) is 4.98 Å². The molecule has 0 aliphatic carbocycles. The first-order valence-electron chi connectivity index (χ1n) is 7.67. The first-order chi connectivity index (χ1) is 11.4. The Hall–Kier alpha value is -2.22. The molecule has 3 heterocycles. The van der Waals surface area contributed by atoms with Gasteiger partial charge in [0.15, 0.2) is 16.8 Å². The summed E-state index contributed by atoms with van der Waals surface area (Å²) >= 11 is 1.54. The third kappa shape index (κ3) is 3.33. The number of thioether (sulfide) groups is 1. The zero-order chi connectivity index (χ0) is 17.3. The highest BCUT2D eigenvalue weighted by Crippen LogP contribution is 2.34. The minimum absolute atomic E-state index is 0.0122. The van der Waals surface area contributed by atoms with Crippen molar-refractivity contribution in [3.63, 3.8) is 0 Å². The van der Waals surface area contributed by atoms with E-state index in [1.54, 1.807) is 24.2 Å². The first kappa shape index (κ1) is 16.6. The molecule has 0 unspecified atom stereocenters. The van der Waals surface area contributed by atoms with Crippen LogP contribution >= 0.6 is 11.8 Å². The van der Waals surface area contributed by atoms with Crippen molar-refractivity contribution < 1.29 is 4.52 Å². The van der Waals surface area contributed by atoms with Crippen LogP contribution in [0.1, 0.15) is 44.7 Å². The summed E-state index contributed by atoms with van der Waals surface area (Å²) in [6, 6.07) is 3.82. The van der Waals surface area contributed by atoms with E-state index in [1.807, 2.05) is 30.7 Å². The fourth-order valence-corrected chi connectivity index (χ4v) is 2.93. The lowest BCUT2D eigenvalue weighted by atomic mass is 9.96. The molecule has 0 amide bonds. The largest absolute Gasteiger partial charge is 0.338 e. The molecule has 8 heteroatoms. The summed E-state index contributed by atoms with van der Waals surface area (Å²) in [5, 5.41) is 13.4. The van der Waals surface area contributed by atoms with Gasteiger partial charge in [-0.2, -0.15) is 4.98 Å². The Kier molecular flexibility index (Phi) is 4.40. The van der Waals surface area contributed by atoms with Gasteiger partial charge in [0.05, 0.1) is 5.25 Å². The second kappa shape index (κ2) is 6.35. The van der Waals surface area contributed by atoms with Crippen LogP contribution in [0.3, 0.4) is 0 Å². The monoisotopic (exact) mass is 344 g/mol. The first-order valence-corrected chi connectivity index (χ1v) is 8.55. The standard InChI is InChI=1S/C16H20N6OS/c1-10(13-18-14(21-23-13)16(2,3)4)24-15-20-19-12(22(15)5)11-6-8-17-9-7-11/h6-10H,1-5H3/t10-/m1/s1. The highest BCUT2D eigenvalue weighted by atomic mass is 32.2. The van der Waals surface area contributed by atoms with Crippen LogP contribution < -0.4 is 0 Å². The van der Waals surface area contributed by atoms with Gasteiger partial charge >= 0.3 is 0 Å². The summed E-state index contributed by atoms with van der Waals surface area (Å²) in [5.41, 5.74) is 0.845. The minimum atomic E-state index is -0.134. The third-order valence-electron chi connectivity index (χ3n) is 3.52. The number of pyridine rings is 1. The van der Waals surface area contributed by atoms with E-state index in [0.717, 1.165) is 16.5 Å². The molecule has 0 aromatic carbocycles. The van der Waals surface area contributed by atoms with Crippen LogP contribution in [0.4, 0.5) is 0 Å². The quantitative estimate of drug-likeness (QED) is 0.671. The number of rotatable bonds is 4. The van der Waals surface area contributed by atoms with Crippen LogP contribution in [0.2, 0.25) is 0 Å². The van der Waals surface area contributed by atoms with Crippen molar-refractivity contribution in [3.8, 4) is 11.4 Å². The maximum Gasteiger partial charge on any atom is 0.239 e. The topological polar surface area (TPSA) is 82.5 Å². The van der Waals surface area contributed by atoms with Crippen LogP contribution in [0.5, 0.6) is 0 Å². The minimum Gasteiger partial charge on any atom is -0.338 e. The van der Waals surface area contributed by atoms with E-state index in [1.165, 1.54) is 0 Å². The van der Waals surface area contributed by atoms with E-state index in [4.69, 9.17) is 4.52 Å². The summed E-state index contributed by atoms with van der Waals surface area (Å²) in [5.74, 6) is 2.10. The number of hydrogen-bond donors (Lipinski definition) is 0. The molecule has 0 N–H and O–H groups in total. The molecule has 3 aromatic rings. The zero-order valence-corrected chi connectivity index (χ0v) is 15.2. The van der Waals surface area contributed by atoms with Gasteiger partial charge in [0, 0.05) is 30.4 Å². The van der Waals surface area contributed by atoms with Gasteiger partial charge in [-0.15, -0.1) is 10.2 Å². The van der Waals surface area contributed by atoms with Gasteiger partial charge in [0.25, 0.3) is 0 Å². The number of hydrogen-bond acceptors (Lipinski definition) is 7. The highest BCUT2D eigenvalue weighted by Gasteiger charge is 2.24. The lowest BCUT2D eigenvalue weighted by Gasteiger charge is -2.11.